The van der Waals surface area contributed by atoms with Crippen molar-refractivity contribution >= 4 is 0 Å². The molecule has 0 bridgehead atoms. The molecule has 3 rings (SSSR count). The van der Waals surface area contributed by atoms with Crippen LogP contribution in [0.25, 0.3) is 5.69 Å². The molecule has 1 N–H and O–H groups in total. The Bertz CT molecular complexity index is 1060. The van der Waals surface area contributed by atoms with Gasteiger partial charge in [0.05, 0.1) is 35.3 Å². The number of aliphatic hydroxyl groups excluding tert-OH is 1. The Kier molecular flexibility index (Phi) is 9.05. The maximum absolute atomic E-state index is 13.5. The Hall–Kier alpha value is -2.74. The summed E-state index contributed by atoms with van der Waals surface area (Å²) in [5.41, 5.74) is 2.31. The second-order valence-corrected chi connectivity index (χ2v) is 9.94. The van der Waals surface area contributed by atoms with Crippen LogP contribution in [0.2, 0.25) is 0 Å². The summed E-state index contributed by atoms with van der Waals surface area (Å²) in [5.74, 6) is 0.784. The number of nitrogens with zero attached hydrogens (tertiary/aromatic N) is 3. The summed E-state index contributed by atoms with van der Waals surface area (Å²) >= 11 is 0. The average molecular weight is 484 g/mol. The number of hydrogen-bond donors (Lipinski definition) is 1. The van der Waals surface area contributed by atoms with Crippen molar-refractivity contribution in [3.63, 3.8) is 0 Å². The Balaban J connectivity index is 1.94. The summed E-state index contributed by atoms with van der Waals surface area (Å²) in [6.07, 6.45) is 0.293. The van der Waals surface area contributed by atoms with Gasteiger partial charge in [0, 0.05) is 19.1 Å². The number of hydrogen-bond acceptors (Lipinski definition) is 5. The minimum Gasteiger partial charge on any atom is -0.439 e. The van der Waals surface area contributed by atoms with Crippen LogP contribution in [0.3, 0.4) is 0 Å². The van der Waals surface area contributed by atoms with Gasteiger partial charge in [-0.25, -0.2) is 9.07 Å². The van der Waals surface area contributed by atoms with Crippen molar-refractivity contribution in [2.75, 3.05) is 13.2 Å². The highest BCUT2D eigenvalue weighted by Gasteiger charge is 2.25. The van der Waals surface area contributed by atoms with Gasteiger partial charge in [-0.2, -0.15) is 5.10 Å². The molecule has 2 aromatic carbocycles. The molecular formula is C28H38FN3O3. The van der Waals surface area contributed by atoms with Crippen LogP contribution in [0.4, 0.5) is 4.39 Å². The number of halogens is 1. The van der Waals surface area contributed by atoms with Gasteiger partial charge in [0.2, 0.25) is 5.88 Å². The Labute approximate surface area is 208 Å². The number of aromatic nitrogens is 2. The summed E-state index contributed by atoms with van der Waals surface area (Å²) in [6, 6.07) is 16.0. The van der Waals surface area contributed by atoms with Crippen LogP contribution >= 0.6 is 0 Å². The number of ether oxygens (including phenoxy) is 2. The molecule has 0 aliphatic carbocycles. The van der Waals surface area contributed by atoms with Gasteiger partial charge in [-0.1, -0.05) is 25.1 Å². The smallest absolute Gasteiger partial charge is 0.227 e. The summed E-state index contributed by atoms with van der Waals surface area (Å²) in [4.78, 5) is 2.23. The maximum Gasteiger partial charge on any atom is 0.227 e. The van der Waals surface area contributed by atoms with Gasteiger partial charge in [0.25, 0.3) is 0 Å². The quantitative estimate of drug-likeness (QED) is 0.369. The van der Waals surface area contributed by atoms with Crippen LogP contribution in [0, 0.1) is 12.7 Å². The lowest BCUT2D eigenvalue weighted by molar-refractivity contribution is -0.0593. The minimum atomic E-state index is -0.630. The molecule has 0 saturated carbocycles. The van der Waals surface area contributed by atoms with Crippen molar-refractivity contribution in [3.8, 4) is 17.3 Å². The molecule has 0 unspecified atom stereocenters. The highest BCUT2D eigenvalue weighted by Crippen LogP contribution is 2.32. The molecule has 7 heteroatoms. The number of aryl methyl sites for hydroxylation is 1. The third kappa shape index (κ3) is 7.62. The van der Waals surface area contributed by atoms with Gasteiger partial charge in [-0.05, 0) is 77.4 Å². The molecule has 0 fully saturated rings. The van der Waals surface area contributed by atoms with E-state index < -0.39 is 6.10 Å². The SMILES string of the molecule is CC[C@H](C)N(Cc1c(C)nn(-c2ccccc2)c1Oc1ccc(F)cc1)C[C@@H](O)COC(C)(C)C. The van der Waals surface area contributed by atoms with Gasteiger partial charge < -0.3 is 14.6 Å². The molecule has 3 aromatic rings. The third-order valence-corrected chi connectivity index (χ3v) is 5.90. The lowest BCUT2D eigenvalue weighted by Gasteiger charge is -2.31. The van der Waals surface area contributed by atoms with Crippen LogP contribution in [0.5, 0.6) is 11.6 Å². The van der Waals surface area contributed by atoms with Crippen LogP contribution < -0.4 is 4.74 Å². The molecular weight excluding hydrogens is 445 g/mol. The lowest BCUT2D eigenvalue weighted by Crippen LogP contribution is -2.41. The molecule has 0 aliphatic heterocycles. The van der Waals surface area contributed by atoms with E-state index in [1.807, 2.05) is 58.0 Å². The van der Waals surface area contributed by atoms with Gasteiger partial charge >= 0.3 is 0 Å². The van der Waals surface area contributed by atoms with Crippen molar-refractivity contribution in [2.45, 2.75) is 72.3 Å². The minimum absolute atomic E-state index is 0.220. The van der Waals surface area contributed by atoms with Crippen LogP contribution in [0.15, 0.2) is 54.6 Å². The maximum atomic E-state index is 13.5. The zero-order valence-electron chi connectivity index (χ0n) is 21.7. The highest BCUT2D eigenvalue weighted by molar-refractivity contribution is 5.43. The largest absolute Gasteiger partial charge is 0.439 e. The number of para-hydroxylation sites is 1. The van der Waals surface area contributed by atoms with E-state index in [-0.39, 0.29) is 24.1 Å². The van der Waals surface area contributed by atoms with E-state index in [1.165, 1.54) is 12.1 Å². The molecule has 1 heterocycles. The number of rotatable bonds is 11. The molecule has 190 valence electrons. The molecule has 2 atom stereocenters. The van der Waals surface area contributed by atoms with Crippen molar-refractivity contribution in [1.82, 2.24) is 14.7 Å². The van der Waals surface area contributed by atoms with Crippen molar-refractivity contribution in [1.29, 1.82) is 0 Å². The lowest BCUT2D eigenvalue weighted by atomic mass is 10.1. The summed E-state index contributed by atoms with van der Waals surface area (Å²) in [5, 5.41) is 15.5. The van der Waals surface area contributed by atoms with Crippen molar-refractivity contribution in [2.24, 2.45) is 0 Å². The first kappa shape index (κ1) is 26.9. The predicted molar refractivity (Wildman–Crippen MR) is 137 cm³/mol. The first-order valence-electron chi connectivity index (χ1n) is 12.2. The second-order valence-electron chi connectivity index (χ2n) is 9.94. The van der Waals surface area contributed by atoms with E-state index >= 15 is 0 Å². The van der Waals surface area contributed by atoms with Crippen molar-refractivity contribution < 1.29 is 19.0 Å². The Morgan fingerprint density at radius 3 is 2.34 bits per heavy atom. The van der Waals surface area contributed by atoms with Crippen LogP contribution in [0.1, 0.15) is 52.3 Å². The molecule has 6 nitrogen and oxygen atoms in total. The Morgan fingerprint density at radius 1 is 1.09 bits per heavy atom. The average Bonchev–Trinajstić information content (AvgIpc) is 3.13. The fraction of sp³-hybridized carbons (Fsp3) is 0.464. The van der Waals surface area contributed by atoms with Crippen LogP contribution in [-0.2, 0) is 11.3 Å². The standard InChI is InChI=1S/C28H38FN3O3/c1-7-20(2)31(17-24(33)19-34-28(4,5)6)18-26-21(3)30-32(23-11-9-8-10-12-23)27(26)35-25-15-13-22(29)14-16-25/h8-16,20,24,33H,7,17-19H2,1-6H3/t20-,24+/m0/s1. The predicted octanol–water partition coefficient (Wildman–Crippen LogP) is 5.89. The molecule has 0 aliphatic rings. The van der Waals surface area contributed by atoms with E-state index in [4.69, 9.17) is 14.6 Å². The van der Waals surface area contributed by atoms with E-state index in [9.17, 15) is 9.50 Å². The zero-order chi connectivity index (χ0) is 25.6. The summed E-state index contributed by atoms with van der Waals surface area (Å²) in [6.45, 7) is 13.4. The number of aliphatic hydroxyl groups is 1. The van der Waals surface area contributed by atoms with E-state index in [0.29, 0.717) is 24.7 Å². The van der Waals surface area contributed by atoms with Crippen molar-refractivity contribution in [3.05, 3.63) is 71.7 Å². The monoisotopic (exact) mass is 483 g/mol. The normalized spacial score (nSPS) is 13.7. The molecule has 1 aromatic heterocycles. The topological polar surface area (TPSA) is 59.8 Å². The third-order valence-electron chi connectivity index (χ3n) is 5.90. The van der Waals surface area contributed by atoms with Gasteiger partial charge in [0.15, 0.2) is 0 Å². The first-order valence-corrected chi connectivity index (χ1v) is 12.2. The van der Waals surface area contributed by atoms with E-state index in [0.717, 1.165) is 23.4 Å². The summed E-state index contributed by atoms with van der Waals surface area (Å²) < 4.78 is 27.4. The summed E-state index contributed by atoms with van der Waals surface area (Å²) in [7, 11) is 0. The fourth-order valence-corrected chi connectivity index (χ4v) is 3.71. The molecule has 0 saturated heterocycles. The Morgan fingerprint density at radius 2 is 1.74 bits per heavy atom. The van der Waals surface area contributed by atoms with Crippen LogP contribution in [-0.4, -0.2) is 50.7 Å². The highest BCUT2D eigenvalue weighted by atomic mass is 19.1. The molecule has 0 amide bonds. The molecule has 35 heavy (non-hydrogen) atoms. The van der Waals surface area contributed by atoms with E-state index in [1.54, 1.807) is 16.8 Å². The fourth-order valence-electron chi connectivity index (χ4n) is 3.71. The number of benzene rings is 2. The van der Waals surface area contributed by atoms with Gasteiger partial charge in [-0.15, -0.1) is 0 Å². The van der Waals surface area contributed by atoms with E-state index in [2.05, 4.69) is 18.7 Å². The second kappa shape index (κ2) is 11.8. The van der Waals surface area contributed by atoms with Gasteiger partial charge in [-0.3, -0.25) is 4.90 Å². The molecule has 0 radical (unpaired) electrons. The first-order chi connectivity index (χ1) is 16.6. The molecule has 0 spiro atoms. The zero-order valence-corrected chi connectivity index (χ0v) is 21.7. The van der Waals surface area contributed by atoms with Gasteiger partial charge in [0.1, 0.15) is 11.6 Å².